The molecule has 4 rings (SSSR count). The minimum Gasteiger partial charge on any atom is -0.497 e. The number of guanidine groups is 1. The van der Waals surface area contributed by atoms with Crippen LogP contribution in [0.15, 0.2) is 52.1 Å². The Bertz CT molecular complexity index is 917. The first-order valence-corrected chi connectivity index (χ1v) is 9.74. The molecule has 3 heterocycles. The van der Waals surface area contributed by atoms with Gasteiger partial charge in [-0.3, -0.25) is 14.9 Å². The number of carbonyl (C=O) groups is 2. The number of piperazine rings is 1. The number of methoxy groups -OCH3 is 2. The van der Waals surface area contributed by atoms with Crippen LogP contribution in [0.25, 0.3) is 0 Å². The summed E-state index contributed by atoms with van der Waals surface area (Å²) in [7, 11) is 2.90. The van der Waals surface area contributed by atoms with Crippen LogP contribution in [0.2, 0.25) is 0 Å². The van der Waals surface area contributed by atoms with Gasteiger partial charge in [0.05, 0.1) is 20.5 Å². The van der Waals surface area contributed by atoms with Crippen LogP contribution < -0.4 is 15.0 Å². The molecular formula is C21H24N4O5. The molecule has 1 fully saturated rings. The highest BCUT2D eigenvalue weighted by Gasteiger charge is 2.43. The number of esters is 1. The number of anilines is 1. The number of nitrogens with zero attached hydrogens (tertiary/aromatic N) is 3. The van der Waals surface area contributed by atoms with E-state index in [2.05, 4.69) is 15.2 Å². The molecule has 1 saturated heterocycles. The van der Waals surface area contributed by atoms with Gasteiger partial charge in [-0.2, -0.15) is 0 Å². The number of hydrogen-bond acceptors (Lipinski definition) is 8. The smallest absolute Gasteiger partial charge is 0.320 e. The average molecular weight is 412 g/mol. The van der Waals surface area contributed by atoms with E-state index in [1.165, 1.54) is 13.4 Å². The van der Waals surface area contributed by atoms with Gasteiger partial charge in [0.25, 0.3) is 0 Å². The fourth-order valence-corrected chi connectivity index (χ4v) is 3.75. The number of hydrogen-bond donors (Lipinski definition) is 1. The Labute approximate surface area is 174 Å². The summed E-state index contributed by atoms with van der Waals surface area (Å²) in [4.78, 5) is 33.8. The van der Waals surface area contributed by atoms with Gasteiger partial charge in [-0.25, -0.2) is 4.99 Å². The monoisotopic (exact) mass is 412 g/mol. The number of ether oxygens (including phenoxy) is 2. The largest absolute Gasteiger partial charge is 0.497 e. The number of carbonyl (C=O) groups excluding carboxylic acids is 2. The lowest BCUT2D eigenvalue weighted by Crippen LogP contribution is -2.57. The van der Waals surface area contributed by atoms with Crippen LogP contribution in [0.5, 0.6) is 5.75 Å². The number of nitrogens with one attached hydrogen (secondary N) is 1. The predicted octanol–water partition coefficient (Wildman–Crippen LogP) is 1.43. The van der Waals surface area contributed by atoms with Crippen molar-refractivity contribution < 1.29 is 23.5 Å². The van der Waals surface area contributed by atoms with Crippen molar-refractivity contribution in [3.05, 3.63) is 48.4 Å². The molecule has 2 aliphatic rings. The molecule has 30 heavy (non-hydrogen) atoms. The van der Waals surface area contributed by atoms with Gasteiger partial charge in [-0.15, -0.1) is 0 Å². The van der Waals surface area contributed by atoms with Crippen LogP contribution >= 0.6 is 0 Å². The maximum absolute atomic E-state index is 12.7. The van der Waals surface area contributed by atoms with Gasteiger partial charge in [0, 0.05) is 31.9 Å². The summed E-state index contributed by atoms with van der Waals surface area (Å²) < 4.78 is 15.5. The normalized spacial score (nSPS) is 21.7. The summed E-state index contributed by atoms with van der Waals surface area (Å²) in [5.41, 5.74) is 1.12. The van der Waals surface area contributed by atoms with Gasteiger partial charge in [-0.05, 0) is 36.4 Å². The number of rotatable bonds is 4. The van der Waals surface area contributed by atoms with Crippen molar-refractivity contribution in [2.45, 2.75) is 6.04 Å². The molecule has 9 heteroatoms. The second-order valence-electron chi connectivity index (χ2n) is 7.08. The summed E-state index contributed by atoms with van der Waals surface area (Å²) in [6, 6.07) is 10.6. The van der Waals surface area contributed by atoms with E-state index in [9.17, 15) is 9.59 Å². The Kier molecular flexibility index (Phi) is 5.60. The Morgan fingerprint density at radius 3 is 2.40 bits per heavy atom. The molecule has 1 aromatic carbocycles. The SMILES string of the molecule is COC(=O)[C@H]1C(=O)NC(N2CCN(c3ccc(OC)cc3)CC2)=N[C@H]1c1ccco1. The zero-order valence-electron chi connectivity index (χ0n) is 16.9. The molecule has 0 bridgehead atoms. The summed E-state index contributed by atoms with van der Waals surface area (Å²) in [6.07, 6.45) is 1.50. The van der Waals surface area contributed by atoms with E-state index in [1.807, 2.05) is 29.2 Å². The van der Waals surface area contributed by atoms with Crippen molar-refractivity contribution in [2.24, 2.45) is 10.9 Å². The zero-order valence-corrected chi connectivity index (χ0v) is 16.9. The lowest BCUT2D eigenvalue weighted by atomic mass is 9.95. The molecule has 2 aliphatic heterocycles. The second kappa shape index (κ2) is 8.48. The Hall–Kier alpha value is -3.49. The molecule has 2 aromatic rings. The van der Waals surface area contributed by atoms with E-state index >= 15 is 0 Å². The van der Waals surface area contributed by atoms with E-state index in [-0.39, 0.29) is 0 Å². The standard InChI is InChI=1S/C21H24N4O5/c1-28-15-7-5-14(6-8-15)24-9-11-25(12-10-24)21-22-18(16-4-3-13-30-16)17(19(26)23-21)20(27)29-2/h3-8,13,17-18H,9-12H2,1-2H3,(H,22,23,26)/t17-,18+/m1/s1. The van der Waals surface area contributed by atoms with Gasteiger partial charge in [0.15, 0.2) is 5.92 Å². The number of amides is 1. The van der Waals surface area contributed by atoms with E-state index in [4.69, 9.17) is 13.9 Å². The molecule has 0 saturated carbocycles. The Morgan fingerprint density at radius 1 is 1.10 bits per heavy atom. The molecule has 1 aromatic heterocycles. The van der Waals surface area contributed by atoms with Crippen molar-refractivity contribution in [2.75, 3.05) is 45.3 Å². The lowest BCUT2D eigenvalue weighted by molar-refractivity contribution is -0.151. The summed E-state index contributed by atoms with van der Waals surface area (Å²) in [6.45, 7) is 2.90. The van der Waals surface area contributed by atoms with Crippen LogP contribution in [-0.2, 0) is 14.3 Å². The fraction of sp³-hybridized carbons (Fsp3) is 0.381. The summed E-state index contributed by atoms with van der Waals surface area (Å²) in [5.74, 6) is -0.427. The van der Waals surface area contributed by atoms with E-state index in [0.29, 0.717) is 24.8 Å². The van der Waals surface area contributed by atoms with Gasteiger partial charge >= 0.3 is 5.97 Å². The van der Waals surface area contributed by atoms with Crippen molar-refractivity contribution >= 4 is 23.5 Å². The average Bonchev–Trinajstić information content (AvgIpc) is 3.33. The van der Waals surface area contributed by atoms with Gasteiger partial charge in [0.1, 0.15) is 17.6 Å². The van der Waals surface area contributed by atoms with E-state index < -0.39 is 23.8 Å². The minimum atomic E-state index is -1.08. The first kappa shape index (κ1) is 19.8. The maximum Gasteiger partial charge on any atom is 0.320 e. The highest BCUT2D eigenvalue weighted by atomic mass is 16.5. The van der Waals surface area contributed by atoms with Crippen molar-refractivity contribution in [1.29, 1.82) is 0 Å². The third-order valence-electron chi connectivity index (χ3n) is 5.40. The Morgan fingerprint density at radius 2 is 1.80 bits per heavy atom. The van der Waals surface area contributed by atoms with E-state index in [1.54, 1.807) is 19.2 Å². The topological polar surface area (TPSA) is 96.6 Å². The van der Waals surface area contributed by atoms with Gasteiger partial charge < -0.3 is 23.7 Å². The first-order valence-electron chi connectivity index (χ1n) is 9.74. The van der Waals surface area contributed by atoms with Crippen LogP contribution in [-0.4, -0.2) is 63.1 Å². The molecule has 1 N–H and O–H groups in total. The lowest BCUT2D eigenvalue weighted by Gasteiger charge is -2.39. The van der Waals surface area contributed by atoms with Crippen LogP contribution in [0.1, 0.15) is 11.8 Å². The fourth-order valence-electron chi connectivity index (χ4n) is 3.75. The zero-order chi connectivity index (χ0) is 21.1. The number of benzene rings is 1. The molecule has 0 aliphatic carbocycles. The molecule has 0 unspecified atom stereocenters. The number of furan rings is 1. The summed E-state index contributed by atoms with van der Waals surface area (Å²) in [5, 5.41) is 2.77. The van der Waals surface area contributed by atoms with Crippen LogP contribution in [0.4, 0.5) is 5.69 Å². The third kappa shape index (κ3) is 3.83. The van der Waals surface area contributed by atoms with Crippen molar-refractivity contribution in [3.8, 4) is 5.75 Å². The van der Waals surface area contributed by atoms with Gasteiger partial charge in [0.2, 0.25) is 11.9 Å². The molecular weight excluding hydrogens is 388 g/mol. The minimum absolute atomic E-state index is 0.439. The maximum atomic E-state index is 12.7. The first-order chi connectivity index (χ1) is 14.6. The molecule has 2 atom stereocenters. The molecule has 0 spiro atoms. The molecule has 9 nitrogen and oxygen atoms in total. The number of aliphatic imine (C=N–C) groups is 1. The molecule has 0 radical (unpaired) electrons. The van der Waals surface area contributed by atoms with E-state index in [0.717, 1.165) is 24.5 Å². The highest BCUT2D eigenvalue weighted by Crippen LogP contribution is 2.31. The van der Waals surface area contributed by atoms with Crippen LogP contribution in [0, 0.1) is 5.92 Å². The predicted molar refractivity (Wildman–Crippen MR) is 109 cm³/mol. The second-order valence-corrected chi connectivity index (χ2v) is 7.08. The Balaban J connectivity index is 1.49. The van der Waals surface area contributed by atoms with Crippen molar-refractivity contribution in [1.82, 2.24) is 10.2 Å². The molecule has 158 valence electrons. The third-order valence-corrected chi connectivity index (χ3v) is 5.40. The van der Waals surface area contributed by atoms with Gasteiger partial charge in [-0.1, -0.05) is 0 Å². The quantitative estimate of drug-likeness (QED) is 0.599. The van der Waals surface area contributed by atoms with Crippen LogP contribution in [0.3, 0.4) is 0 Å². The van der Waals surface area contributed by atoms with Crippen molar-refractivity contribution in [3.63, 3.8) is 0 Å². The molecule has 1 amide bonds. The highest BCUT2D eigenvalue weighted by molar-refractivity contribution is 6.08. The summed E-state index contributed by atoms with van der Waals surface area (Å²) >= 11 is 0.